The summed E-state index contributed by atoms with van der Waals surface area (Å²) >= 11 is 0. The first-order valence-electron chi connectivity index (χ1n) is 2.06. The van der Waals surface area contributed by atoms with Crippen LogP contribution in [0.1, 0.15) is 13.8 Å². The monoisotopic (exact) mass is 86.1 g/mol. The maximum Gasteiger partial charge on any atom is 0.0899 e. The molecule has 0 unspecified atom stereocenters. The Morgan fingerprint density at radius 1 is 1.83 bits per heavy atom. The second kappa shape index (κ2) is 2.69. The Kier molecular flexibility index (Phi) is 2.46. The fourth-order valence-corrected chi connectivity index (χ4v) is 0.265. The zero-order valence-corrected chi connectivity index (χ0v) is 4.21. The molecule has 2 heteroatoms. The van der Waals surface area contributed by atoms with Gasteiger partial charge in [0.25, 0.3) is 0 Å². The molecule has 0 rings (SSSR count). The van der Waals surface area contributed by atoms with Crippen molar-refractivity contribution in [3.8, 4) is 0 Å². The minimum atomic E-state index is 0.539. The smallest absolute Gasteiger partial charge is 0.0899 e. The minimum absolute atomic E-state index is 0.539. The van der Waals surface area contributed by atoms with E-state index in [2.05, 4.69) is 5.32 Å². The highest BCUT2D eigenvalue weighted by atomic mass is 14.9. The van der Waals surface area contributed by atoms with E-state index < -0.39 is 0 Å². The molecule has 0 aliphatic heterocycles. The number of rotatable bonds is 1. The van der Waals surface area contributed by atoms with Crippen LogP contribution in [0.2, 0.25) is 0 Å². The highest BCUT2D eigenvalue weighted by molar-refractivity contribution is 5.75. The van der Waals surface area contributed by atoms with Crippen molar-refractivity contribution in [2.45, 2.75) is 13.8 Å². The summed E-state index contributed by atoms with van der Waals surface area (Å²) in [5, 5.41) is 9.57. The number of nitrogens with one attached hydrogen (secondary N) is 2. The fraction of sp³-hybridized carbons (Fsp3) is 0.750. The molecule has 6 heavy (non-hydrogen) atoms. The van der Waals surface area contributed by atoms with Crippen LogP contribution in [0.5, 0.6) is 0 Å². The summed E-state index contributed by atoms with van der Waals surface area (Å²) in [5.74, 6) is 0.539. The summed E-state index contributed by atoms with van der Waals surface area (Å²) < 4.78 is 0. The van der Waals surface area contributed by atoms with Gasteiger partial charge in [-0.25, -0.2) is 0 Å². The number of amidine groups is 1. The molecular weight excluding hydrogens is 76.1 g/mol. The lowest BCUT2D eigenvalue weighted by Crippen LogP contribution is -2.17. The van der Waals surface area contributed by atoms with E-state index in [0.29, 0.717) is 5.84 Å². The van der Waals surface area contributed by atoms with Crippen molar-refractivity contribution in [2.24, 2.45) is 0 Å². The molecule has 0 radical (unpaired) electrons. The molecule has 0 fully saturated rings. The molecule has 0 aromatic carbocycles. The third-order valence-electron chi connectivity index (χ3n) is 0.442. The van der Waals surface area contributed by atoms with Crippen molar-refractivity contribution in [1.82, 2.24) is 5.32 Å². The topological polar surface area (TPSA) is 35.9 Å². The van der Waals surface area contributed by atoms with Crippen LogP contribution in [0.4, 0.5) is 0 Å². The summed E-state index contributed by atoms with van der Waals surface area (Å²) in [5.41, 5.74) is 0. The molecule has 0 amide bonds. The summed E-state index contributed by atoms with van der Waals surface area (Å²) in [4.78, 5) is 0. The van der Waals surface area contributed by atoms with Crippen molar-refractivity contribution in [3.63, 3.8) is 0 Å². The van der Waals surface area contributed by atoms with Gasteiger partial charge in [0.1, 0.15) is 0 Å². The van der Waals surface area contributed by atoms with Gasteiger partial charge in [0.2, 0.25) is 0 Å². The summed E-state index contributed by atoms with van der Waals surface area (Å²) in [6.07, 6.45) is 0. The van der Waals surface area contributed by atoms with Gasteiger partial charge >= 0.3 is 0 Å². The van der Waals surface area contributed by atoms with E-state index in [-0.39, 0.29) is 0 Å². The molecule has 36 valence electrons. The predicted molar refractivity (Wildman–Crippen MR) is 27.1 cm³/mol. The average molecular weight is 86.1 g/mol. The molecule has 0 heterocycles. The van der Waals surface area contributed by atoms with Gasteiger partial charge in [-0.1, -0.05) is 0 Å². The molecule has 0 aromatic rings. The van der Waals surface area contributed by atoms with Crippen molar-refractivity contribution in [1.29, 1.82) is 5.41 Å². The van der Waals surface area contributed by atoms with Crippen LogP contribution in [0.15, 0.2) is 0 Å². The van der Waals surface area contributed by atoms with E-state index in [1.54, 1.807) is 6.92 Å². The van der Waals surface area contributed by atoms with Crippen LogP contribution in [-0.4, -0.2) is 12.4 Å². The van der Waals surface area contributed by atoms with Gasteiger partial charge in [-0.15, -0.1) is 0 Å². The van der Waals surface area contributed by atoms with Crippen molar-refractivity contribution >= 4 is 5.84 Å². The molecule has 0 atom stereocenters. The van der Waals surface area contributed by atoms with E-state index in [4.69, 9.17) is 5.41 Å². The second-order valence-corrected chi connectivity index (χ2v) is 1.16. The Bertz CT molecular complexity index is 49.5. The Hall–Kier alpha value is -0.530. The van der Waals surface area contributed by atoms with Gasteiger partial charge in [-0.2, -0.15) is 0 Å². The summed E-state index contributed by atoms with van der Waals surface area (Å²) in [6, 6.07) is 0. The fourth-order valence-electron chi connectivity index (χ4n) is 0.265. The van der Waals surface area contributed by atoms with Crippen LogP contribution in [-0.2, 0) is 0 Å². The summed E-state index contributed by atoms with van der Waals surface area (Å²) in [7, 11) is 0. The lowest BCUT2D eigenvalue weighted by atomic mass is 10.6. The second-order valence-electron chi connectivity index (χ2n) is 1.16. The van der Waals surface area contributed by atoms with E-state index in [1.165, 1.54) is 0 Å². The van der Waals surface area contributed by atoms with Gasteiger partial charge in [0, 0.05) is 6.54 Å². The van der Waals surface area contributed by atoms with Crippen molar-refractivity contribution in [2.75, 3.05) is 6.54 Å². The quantitative estimate of drug-likeness (QED) is 0.355. The normalized spacial score (nSPS) is 7.67. The van der Waals surface area contributed by atoms with Crippen LogP contribution in [0.3, 0.4) is 0 Å². The molecule has 0 saturated heterocycles. The van der Waals surface area contributed by atoms with E-state index in [1.807, 2.05) is 6.92 Å². The van der Waals surface area contributed by atoms with E-state index >= 15 is 0 Å². The van der Waals surface area contributed by atoms with Crippen LogP contribution >= 0.6 is 0 Å². The molecule has 0 spiro atoms. The maximum absolute atomic E-state index is 6.78. The molecule has 0 bridgehead atoms. The van der Waals surface area contributed by atoms with Crippen LogP contribution < -0.4 is 5.32 Å². The van der Waals surface area contributed by atoms with E-state index in [0.717, 1.165) is 6.54 Å². The average Bonchev–Trinajstić information content (AvgIpc) is 1.35. The molecular formula is C4H10N2. The third-order valence-corrected chi connectivity index (χ3v) is 0.442. The molecule has 0 aliphatic carbocycles. The molecule has 0 saturated carbocycles. The van der Waals surface area contributed by atoms with Gasteiger partial charge in [-0.3, -0.25) is 5.41 Å². The van der Waals surface area contributed by atoms with Crippen LogP contribution in [0.25, 0.3) is 0 Å². The molecule has 2 N–H and O–H groups in total. The number of hydrogen-bond acceptors (Lipinski definition) is 1. The molecule has 0 aliphatic rings. The zero-order chi connectivity index (χ0) is 4.99. The van der Waals surface area contributed by atoms with Gasteiger partial charge in [0.05, 0.1) is 5.84 Å². The lowest BCUT2D eigenvalue weighted by molar-refractivity contribution is 0.952. The standard InChI is InChI=1S/C4H10N2/c1-3-6-4(2)5/h3H2,1-2H3,(H2,5,6). The zero-order valence-electron chi connectivity index (χ0n) is 4.21. The van der Waals surface area contributed by atoms with Crippen molar-refractivity contribution < 1.29 is 0 Å². The third kappa shape index (κ3) is 3.47. The van der Waals surface area contributed by atoms with Gasteiger partial charge in [0.15, 0.2) is 0 Å². The number of hydrogen-bond donors (Lipinski definition) is 2. The Balaban J connectivity index is 2.83. The maximum atomic E-state index is 6.78. The first-order chi connectivity index (χ1) is 2.77. The Labute approximate surface area is 38.1 Å². The first-order valence-corrected chi connectivity index (χ1v) is 2.06. The molecule has 0 aromatic heterocycles. The van der Waals surface area contributed by atoms with E-state index in [9.17, 15) is 0 Å². The highest BCUT2D eigenvalue weighted by Crippen LogP contribution is 1.55. The lowest BCUT2D eigenvalue weighted by Gasteiger charge is -1.93. The highest BCUT2D eigenvalue weighted by Gasteiger charge is 1.73. The van der Waals surface area contributed by atoms with Crippen LogP contribution in [0, 0.1) is 5.41 Å². The SMILES string of the molecule is CCNC(C)=N. The first kappa shape index (κ1) is 5.47. The summed E-state index contributed by atoms with van der Waals surface area (Å²) in [6.45, 7) is 4.55. The predicted octanol–water partition coefficient (Wildman–Crippen LogP) is 0.593. The van der Waals surface area contributed by atoms with Gasteiger partial charge in [-0.05, 0) is 13.8 Å². The molecule has 2 nitrogen and oxygen atoms in total. The Morgan fingerprint density at radius 2 is 2.33 bits per heavy atom. The van der Waals surface area contributed by atoms with Crippen molar-refractivity contribution in [3.05, 3.63) is 0 Å². The largest absolute Gasteiger partial charge is 0.375 e. The minimum Gasteiger partial charge on any atom is -0.375 e. The van der Waals surface area contributed by atoms with Gasteiger partial charge < -0.3 is 5.32 Å². The Morgan fingerprint density at radius 3 is 2.33 bits per heavy atom.